The molecule has 0 amide bonds. The average Bonchev–Trinajstić information content (AvgIpc) is 2.64. The Kier molecular flexibility index (Phi) is 14.3. The molecule has 0 aromatic heterocycles. The number of hydrogen-bond acceptors (Lipinski definition) is 3. The van der Waals surface area contributed by atoms with E-state index in [0.717, 1.165) is 0 Å². The molecule has 0 radical (unpaired) electrons. The van der Waals surface area contributed by atoms with E-state index in [-0.39, 0.29) is 0 Å². The summed E-state index contributed by atoms with van der Waals surface area (Å²) in [5, 5.41) is 0. The molecule has 0 atom stereocenters. The summed E-state index contributed by atoms with van der Waals surface area (Å²) in [6.45, 7) is 0. The highest BCUT2D eigenvalue weighted by Gasteiger charge is 2.76. The quantitative estimate of drug-likeness (QED) is 0.212. The van der Waals surface area contributed by atoms with E-state index in [1.807, 2.05) is 4.74 Å². The van der Waals surface area contributed by atoms with E-state index in [1.54, 1.807) is 0 Å². The SMILES string of the molecule is FC(F)=C(F)OC(F)(F)C(F)(F)C(F)(F)F.FC(F)=C(F)OC(F)(F)C(F)(F)F.FC(F)=C(F)OC(F)(F)F. The van der Waals surface area contributed by atoms with E-state index in [1.165, 1.54) is 0 Å². The molecule has 0 rings (SSSR count). The van der Waals surface area contributed by atoms with Crippen LogP contribution in [0.1, 0.15) is 0 Å². The Morgan fingerprint density at radius 3 is 0.769 bits per heavy atom. The summed E-state index contributed by atoms with van der Waals surface area (Å²) >= 11 is 0. The average molecular weight is 648 g/mol. The first kappa shape index (κ1) is 40.4. The van der Waals surface area contributed by atoms with Gasteiger partial charge in [-0.15, -0.1) is 13.2 Å². The Hall–Kier alpha value is -3.06. The lowest BCUT2D eigenvalue weighted by atomic mass is 10.3. The molecule has 0 N–H and O–H groups in total. The van der Waals surface area contributed by atoms with E-state index in [0.29, 0.717) is 0 Å². The molecule has 0 saturated heterocycles. The number of halogens is 24. The highest BCUT2D eigenvalue weighted by atomic mass is 19.4. The van der Waals surface area contributed by atoms with Crippen molar-refractivity contribution in [2.75, 3.05) is 0 Å². The lowest BCUT2D eigenvalue weighted by molar-refractivity contribution is -0.419. The fourth-order valence-corrected chi connectivity index (χ4v) is 0.729. The fraction of sp³-hybridized carbons (Fsp3) is 0.500. The second-order valence-corrected chi connectivity index (χ2v) is 4.96. The predicted octanol–water partition coefficient (Wildman–Crippen LogP) is 9.58. The number of ether oxygens (including phenoxy) is 3. The van der Waals surface area contributed by atoms with E-state index in [2.05, 4.69) is 9.47 Å². The van der Waals surface area contributed by atoms with Crippen LogP contribution in [0.15, 0.2) is 36.3 Å². The van der Waals surface area contributed by atoms with Crippen LogP contribution < -0.4 is 0 Å². The monoisotopic (exact) mass is 648 g/mol. The lowest BCUT2D eigenvalue weighted by Gasteiger charge is -2.26. The normalized spacial score (nSPS) is 12.6. The Morgan fingerprint density at radius 1 is 0.333 bits per heavy atom. The number of hydrogen-bond donors (Lipinski definition) is 0. The summed E-state index contributed by atoms with van der Waals surface area (Å²) in [6.07, 6.45) is -41.0. The van der Waals surface area contributed by atoms with Crippen LogP contribution in [0.25, 0.3) is 0 Å². The zero-order valence-corrected chi connectivity index (χ0v) is 16.3. The summed E-state index contributed by atoms with van der Waals surface area (Å²) in [5.74, 6) is -6.81. The molecule has 0 heterocycles. The summed E-state index contributed by atoms with van der Waals surface area (Å²) < 4.78 is 278. The third-order valence-corrected chi connectivity index (χ3v) is 2.14. The molecule has 0 spiro atoms. The van der Waals surface area contributed by atoms with Crippen LogP contribution in [0.4, 0.5) is 105 Å². The highest BCUT2D eigenvalue weighted by molar-refractivity contribution is 4.90. The van der Waals surface area contributed by atoms with Crippen LogP contribution >= 0.6 is 0 Å². The van der Waals surface area contributed by atoms with Gasteiger partial charge in [0.05, 0.1) is 0 Å². The highest BCUT2D eigenvalue weighted by Crippen LogP contribution is 2.48. The molecule has 0 saturated carbocycles. The Bertz CT molecular complexity index is 860. The van der Waals surface area contributed by atoms with Crippen LogP contribution in [-0.4, -0.2) is 36.9 Å². The van der Waals surface area contributed by atoms with Gasteiger partial charge in [0.15, 0.2) is 0 Å². The molecule has 0 aliphatic heterocycles. The molecule has 0 bridgehead atoms. The van der Waals surface area contributed by atoms with Gasteiger partial charge in [-0.3, -0.25) is 0 Å². The fourth-order valence-electron chi connectivity index (χ4n) is 0.729. The molecule has 0 unspecified atom stereocenters. The minimum Gasteiger partial charge on any atom is -0.397 e. The summed E-state index contributed by atoms with van der Waals surface area (Å²) in [4.78, 5) is 0. The molecule has 27 heteroatoms. The van der Waals surface area contributed by atoms with Gasteiger partial charge in [0.1, 0.15) is 0 Å². The van der Waals surface area contributed by atoms with Gasteiger partial charge >= 0.3 is 73.1 Å². The molecular formula is C12F24O3. The van der Waals surface area contributed by atoms with Crippen LogP contribution in [0.3, 0.4) is 0 Å². The maximum atomic E-state index is 12.0. The van der Waals surface area contributed by atoms with Gasteiger partial charge in [-0.05, 0) is 0 Å². The first-order chi connectivity index (χ1) is 16.7. The standard InChI is InChI=1S/C5F10O.C4F8O.C3F6O/c6-1(7)2(8)16-5(14,15)3(9,10)4(11,12)13;5-1(6)2(7)13-4(11,12)3(8,9)10;4-1(5)2(6)10-3(7,8)9. The third kappa shape index (κ3) is 14.6. The largest absolute Gasteiger partial charge is 0.574 e. The minimum atomic E-state index is -6.81. The molecule has 3 nitrogen and oxygen atoms in total. The summed E-state index contributed by atoms with van der Waals surface area (Å²) in [5.41, 5.74) is 0. The van der Waals surface area contributed by atoms with Crippen molar-refractivity contribution >= 4 is 0 Å². The van der Waals surface area contributed by atoms with Gasteiger partial charge in [0.2, 0.25) is 0 Å². The van der Waals surface area contributed by atoms with Crippen molar-refractivity contribution in [3.05, 3.63) is 36.3 Å². The first-order valence-electron chi connectivity index (χ1n) is 7.26. The Balaban J connectivity index is -0.000000513. The van der Waals surface area contributed by atoms with Crippen LogP contribution in [-0.2, 0) is 14.2 Å². The van der Waals surface area contributed by atoms with E-state index < -0.39 is 73.1 Å². The molecule has 0 aromatic rings. The Labute approximate surface area is 194 Å². The maximum absolute atomic E-state index is 12.0. The van der Waals surface area contributed by atoms with Crippen molar-refractivity contribution < 1.29 is 120 Å². The van der Waals surface area contributed by atoms with E-state index in [4.69, 9.17) is 0 Å². The van der Waals surface area contributed by atoms with Crippen molar-refractivity contribution in [1.82, 2.24) is 0 Å². The Morgan fingerprint density at radius 2 is 0.590 bits per heavy atom. The van der Waals surface area contributed by atoms with E-state index in [9.17, 15) is 105 Å². The van der Waals surface area contributed by atoms with Crippen LogP contribution in [0.5, 0.6) is 0 Å². The van der Waals surface area contributed by atoms with Gasteiger partial charge in [-0.2, -0.15) is 92.2 Å². The molecule has 39 heavy (non-hydrogen) atoms. The summed E-state index contributed by atoms with van der Waals surface area (Å²) in [6, 6.07) is -9.70. The minimum absolute atomic E-state index is 1.95. The van der Waals surface area contributed by atoms with Crippen molar-refractivity contribution in [1.29, 1.82) is 0 Å². The van der Waals surface area contributed by atoms with Crippen molar-refractivity contribution in [2.24, 2.45) is 0 Å². The van der Waals surface area contributed by atoms with Gasteiger partial charge in [0, 0.05) is 0 Å². The smallest absolute Gasteiger partial charge is 0.397 e. The maximum Gasteiger partial charge on any atom is 0.574 e. The summed E-state index contributed by atoms with van der Waals surface area (Å²) in [7, 11) is 0. The topological polar surface area (TPSA) is 27.7 Å². The molecule has 0 aliphatic rings. The van der Waals surface area contributed by atoms with Gasteiger partial charge < -0.3 is 14.2 Å². The number of rotatable bonds is 6. The van der Waals surface area contributed by atoms with E-state index >= 15 is 0 Å². The van der Waals surface area contributed by atoms with Crippen molar-refractivity contribution in [2.45, 2.75) is 36.9 Å². The second-order valence-electron chi connectivity index (χ2n) is 4.96. The molecular weight excluding hydrogens is 648 g/mol. The molecule has 0 aromatic carbocycles. The van der Waals surface area contributed by atoms with Gasteiger partial charge in [0.25, 0.3) is 0 Å². The van der Waals surface area contributed by atoms with Crippen molar-refractivity contribution in [3.8, 4) is 0 Å². The third-order valence-electron chi connectivity index (χ3n) is 2.14. The van der Waals surface area contributed by atoms with Crippen LogP contribution in [0, 0.1) is 0 Å². The lowest BCUT2D eigenvalue weighted by Crippen LogP contribution is -2.53. The van der Waals surface area contributed by atoms with Gasteiger partial charge in [-0.1, -0.05) is 0 Å². The zero-order valence-electron chi connectivity index (χ0n) is 16.3. The predicted molar refractivity (Wildman–Crippen MR) is 67.3 cm³/mol. The molecule has 0 fully saturated rings. The zero-order chi connectivity index (χ0) is 32.6. The second kappa shape index (κ2) is 13.8. The van der Waals surface area contributed by atoms with Crippen LogP contribution in [0.2, 0.25) is 0 Å². The molecule has 0 aliphatic carbocycles. The first-order valence-corrected chi connectivity index (χ1v) is 7.26. The van der Waals surface area contributed by atoms with Crippen molar-refractivity contribution in [3.63, 3.8) is 0 Å². The number of alkyl halides is 15. The molecule has 234 valence electrons. The van der Waals surface area contributed by atoms with Gasteiger partial charge in [-0.25, -0.2) is 0 Å².